The highest BCUT2D eigenvalue weighted by molar-refractivity contribution is 9.10. The molecule has 8 heteroatoms. The number of nitrogens with one attached hydrogen (secondary N) is 1. The Bertz CT molecular complexity index is 643. The van der Waals surface area contributed by atoms with E-state index in [9.17, 15) is 8.42 Å². The fourth-order valence-corrected chi connectivity index (χ4v) is 5.18. The van der Waals surface area contributed by atoms with Crippen LogP contribution in [0.5, 0.6) is 0 Å². The van der Waals surface area contributed by atoms with Gasteiger partial charge in [0.05, 0.1) is 15.6 Å². The predicted molar refractivity (Wildman–Crippen MR) is 87.5 cm³/mol. The van der Waals surface area contributed by atoms with Crippen molar-refractivity contribution in [1.29, 1.82) is 0 Å². The van der Waals surface area contributed by atoms with Crippen molar-refractivity contribution in [3.8, 4) is 0 Å². The van der Waals surface area contributed by atoms with Gasteiger partial charge >= 0.3 is 0 Å². The second-order valence-electron chi connectivity index (χ2n) is 4.83. The summed E-state index contributed by atoms with van der Waals surface area (Å²) in [6, 6.07) is 4.62. The van der Waals surface area contributed by atoms with Crippen LogP contribution in [-0.2, 0) is 10.0 Å². The normalized spacial score (nSPS) is 18.1. The van der Waals surface area contributed by atoms with Crippen LogP contribution < -0.4 is 10.5 Å². The average molecular weight is 398 g/mol. The van der Waals surface area contributed by atoms with Gasteiger partial charge in [-0.1, -0.05) is 52.6 Å². The summed E-state index contributed by atoms with van der Waals surface area (Å²) in [6.07, 6.45) is 3.04. The molecule has 1 aliphatic carbocycles. The van der Waals surface area contributed by atoms with E-state index in [1.807, 2.05) is 0 Å². The highest BCUT2D eigenvalue weighted by Crippen LogP contribution is 2.33. The third-order valence-corrected chi connectivity index (χ3v) is 6.35. The van der Waals surface area contributed by atoms with Gasteiger partial charge in [0.2, 0.25) is 10.0 Å². The lowest BCUT2D eigenvalue weighted by molar-refractivity contribution is 0.503. The molecule has 0 heterocycles. The van der Waals surface area contributed by atoms with Crippen molar-refractivity contribution in [2.24, 2.45) is 5.73 Å². The van der Waals surface area contributed by atoms with E-state index in [0.29, 0.717) is 17.3 Å². The largest absolute Gasteiger partial charge is 0.392 e. The van der Waals surface area contributed by atoms with Crippen LogP contribution in [0.1, 0.15) is 25.7 Å². The fraction of sp³-hybridized carbons (Fsp3) is 0.417. The zero-order valence-electron chi connectivity index (χ0n) is 10.5. The maximum Gasteiger partial charge on any atom is 0.242 e. The Kier molecular flexibility index (Phi) is 4.76. The lowest BCUT2D eigenvalue weighted by Crippen LogP contribution is -2.54. The van der Waals surface area contributed by atoms with Crippen LogP contribution in [-0.4, -0.2) is 18.9 Å². The molecule has 4 nitrogen and oxygen atoms in total. The molecule has 0 amide bonds. The summed E-state index contributed by atoms with van der Waals surface area (Å²) in [5.41, 5.74) is 4.92. The molecular weight excluding hydrogens is 384 g/mol. The molecule has 1 aromatic rings. The van der Waals surface area contributed by atoms with Crippen molar-refractivity contribution >= 4 is 54.8 Å². The Hall–Kier alpha value is -0.210. The quantitative estimate of drug-likeness (QED) is 0.766. The van der Waals surface area contributed by atoms with Crippen molar-refractivity contribution < 1.29 is 8.42 Å². The minimum absolute atomic E-state index is 0.0323. The second-order valence-corrected chi connectivity index (χ2v) is 8.25. The summed E-state index contributed by atoms with van der Waals surface area (Å²) in [5, 5.41) is 0.156. The van der Waals surface area contributed by atoms with Crippen molar-refractivity contribution in [3.63, 3.8) is 0 Å². The molecule has 0 atom stereocenters. The van der Waals surface area contributed by atoms with Crippen molar-refractivity contribution in [3.05, 3.63) is 27.7 Å². The summed E-state index contributed by atoms with van der Waals surface area (Å²) < 4.78 is 28.4. The van der Waals surface area contributed by atoms with Gasteiger partial charge in [-0.25, -0.2) is 8.42 Å². The number of thiocarbonyl (C=S) groups is 1. The Labute approximate surface area is 137 Å². The van der Waals surface area contributed by atoms with Crippen LogP contribution in [0.2, 0.25) is 5.02 Å². The average Bonchev–Trinajstić information content (AvgIpc) is 2.77. The van der Waals surface area contributed by atoms with Crippen LogP contribution in [0.4, 0.5) is 0 Å². The van der Waals surface area contributed by atoms with Gasteiger partial charge in [-0.3, -0.25) is 0 Å². The Morgan fingerprint density at radius 3 is 2.50 bits per heavy atom. The maximum atomic E-state index is 12.5. The molecule has 0 unspecified atom stereocenters. The molecule has 1 fully saturated rings. The molecule has 0 saturated heterocycles. The maximum absolute atomic E-state index is 12.5. The summed E-state index contributed by atoms with van der Waals surface area (Å²) in [6.45, 7) is 0. The van der Waals surface area contributed by atoms with Crippen LogP contribution >= 0.6 is 39.7 Å². The monoisotopic (exact) mass is 396 g/mol. The van der Waals surface area contributed by atoms with E-state index in [1.165, 1.54) is 12.1 Å². The van der Waals surface area contributed by atoms with Crippen LogP contribution in [0.25, 0.3) is 0 Å². The molecule has 1 aromatic carbocycles. The van der Waals surface area contributed by atoms with Crippen molar-refractivity contribution in [2.45, 2.75) is 36.1 Å². The Balaban J connectivity index is 2.38. The molecular formula is C12H14BrClN2O2S2. The zero-order valence-corrected chi connectivity index (χ0v) is 14.5. The van der Waals surface area contributed by atoms with Crippen LogP contribution in [0, 0.1) is 0 Å². The van der Waals surface area contributed by atoms with Gasteiger partial charge in [-0.15, -0.1) is 0 Å². The van der Waals surface area contributed by atoms with Gasteiger partial charge in [-0.05, 0) is 31.0 Å². The van der Waals surface area contributed by atoms with E-state index >= 15 is 0 Å². The minimum atomic E-state index is -3.76. The third-order valence-electron chi connectivity index (χ3n) is 3.44. The predicted octanol–water partition coefficient (Wildman–Crippen LogP) is 2.98. The number of nitrogens with two attached hydrogens (primary N) is 1. The molecule has 20 heavy (non-hydrogen) atoms. The first kappa shape index (κ1) is 16.2. The number of halogens is 2. The van der Waals surface area contributed by atoms with E-state index < -0.39 is 15.6 Å². The van der Waals surface area contributed by atoms with E-state index in [1.54, 1.807) is 6.07 Å². The van der Waals surface area contributed by atoms with E-state index in [0.717, 1.165) is 12.8 Å². The molecule has 1 saturated carbocycles. The molecule has 1 aliphatic rings. The third kappa shape index (κ3) is 3.17. The fourth-order valence-electron chi connectivity index (χ4n) is 2.38. The minimum Gasteiger partial charge on any atom is -0.392 e. The Morgan fingerprint density at radius 1 is 1.40 bits per heavy atom. The molecule has 3 N–H and O–H groups in total. The lowest BCUT2D eigenvalue weighted by Gasteiger charge is -2.28. The van der Waals surface area contributed by atoms with Gasteiger partial charge in [0.15, 0.2) is 0 Å². The SMILES string of the molecule is NC(=S)C1(NS(=O)(=O)c2ccc(Br)cc2Cl)CCCC1. The van der Waals surface area contributed by atoms with Gasteiger partial charge < -0.3 is 5.73 Å². The first-order chi connectivity index (χ1) is 9.27. The Morgan fingerprint density at radius 2 is 2.00 bits per heavy atom. The van der Waals surface area contributed by atoms with E-state index in [2.05, 4.69) is 20.7 Å². The highest BCUT2D eigenvalue weighted by Gasteiger charge is 2.41. The number of benzene rings is 1. The van der Waals surface area contributed by atoms with Crippen LogP contribution in [0.15, 0.2) is 27.6 Å². The standard InChI is InChI=1S/C12H14BrClN2O2S2/c13-8-3-4-10(9(14)7-8)20(17,18)16-12(11(15)19)5-1-2-6-12/h3-4,7,16H,1-2,5-6H2,(H2,15,19). The van der Waals surface area contributed by atoms with Crippen molar-refractivity contribution in [1.82, 2.24) is 4.72 Å². The van der Waals surface area contributed by atoms with E-state index in [-0.39, 0.29) is 14.9 Å². The molecule has 2 rings (SSSR count). The number of hydrogen-bond acceptors (Lipinski definition) is 3. The summed E-state index contributed by atoms with van der Waals surface area (Å²) in [5.74, 6) is 0. The molecule has 0 bridgehead atoms. The molecule has 0 spiro atoms. The van der Waals surface area contributed by atoms with Gasteiger partial charge in [0, 0.05) is 4.47 Å². The molecule has 0 radical (unpaired) electrons. The van der Waals surface area contributed by atoms with Gasteiger partial charge in [0.25, 0.3) is 0 Å². The van der Waals surface area contributed by atoms with Gasteiger partial charge in [-0.2, -0.15) is 4.72 Å². The summed E-state index contributed by atoms with van der Waals surface area (Å²) in [4.78, 5) is 0.219. The lowest BCUT2D eigenvalue weighted by atomic mass is 10.00. The number of hydrogen-bond donors (Lipinski definition) is 2. The smallest absolute Gasteiger partial charge is 0.242 e. The highest BCUT2D eigenvalue weighted by atomic mass is 79.9. The molecule has 0 aromatic heterocycles. The summed E-state index contributed by atoms with van der Waals surface area (Å²) >= 11 is 14.3. The summed E-state index contributed by atoms with van der Waals surface area (Å²) in [7, 11) is -3.76. The molecule has 110 valence electrons. The first-order valence-corrected chi connectivity index (χ1v) is 9.12. The zero-order chi connectivity index (χ0) is 15.0. The number of rotatable bonds is 4. The van der Waals surface area contributed by atoms with Gasteiger partial charge in [0.1, 0.15) is 4.90 Å². The first-order valence-electron chi connectivity index (χ1n) is 6.06. The number of sulfonamides is 1. The van der Waals surface area contributed by atoms with Crippen LogP contribution in [0.3, 0.4) is 0 Å². The second kappa shape index (κ2) is 5.88. The van der Waals surface area contributed by atoms with Crippen molar-refractivity contribution in [2.75, 3.05) is 0 Å². The van der Waals surface area contributed by atoms with E-state index in [4.69, 9.17) is 29.6 Å². The molecule has 0 aliphatic heterocycles. The topological polar surface area (TPSA) is 72.2 Å².